The van der Waals surface area contributed by atoms with Crippen LogP contribution in [0, 0.1) is 5.92 Å². The van der Waals surface area contributed by atoms with Crippen molar-refractivity contribution in [1.29, 1.82) is 0 Å². The second-order valence-electron chi connectivity index (χ2n) is 5.84. The Morgan fingerprint density at radius 2 is 1.17 bits per heavy atom. The first-order chi connectivity index (χ1) is 8.43. The summed E-state index contributed by atoms with van der Waals surface area (Å²) in [6.45, 7) is 0. The van der Waals surface area contributed by atoms with Gasteiger partial charge in [-0.1, -0.05) is 83.5 Å². The van der Waals surface area contributed by atoms with E-state index in [0.717, 1.165) is 11.7 Å². The summed E-state index contributed by atoms with van der Waals surface area (Å²) in [5.74, 6) is 2.17. The molecule has 0 nitrogen and oxygen atoms in total. The van der Waals surface area contributed by atoms with Crippen LogP contribution in [0.4, 0.5) is 0 Å². The van der Waals surface area contributed by atoms with Crippen molar-refractivity contribution in [2.24, 2.45) is 5.92 Å². The van der Waals surface area contributed by atoms with E-state index in [1.165, 1.54) is 89.9 Å². The van der Waals surface area contributed by atoms with Crippen LogP contribution in [0.5, 0.6) is 0 Å². The Labute approximate surface area is 131 Å². The van der Waals surface area contributed by atoms with E-state index in [-0.39, 0.29) is 17.1 Å². The molecule has 2 aliphatic rings. The molecular formula is C16H32FeS. The Morgan fingerprint density at radius 1 is 0.667 bits per heavy atom. The maximum atomic E-state index is 4.21. The molecule has 2 heteroatoms. The molecule has 2 fully saturated rings. The predicted octanol–water partition coefficient (Wildman–Crippen LogP) is 6.00. The molecule has 0 atom stereocenters. The van der Waals surface area contributed by atoms with E-state index in [4.69, 9.17) is 0 Å². The van der Waals surface area contributed by atoms with Gasteiger partial charge in [0, 0.05) is 17.1 Å². The maximum Gasteiger partial charge on any atom is 0 e. The second-order valence-corrected chi connectivity index (χ2v) is 6.29. The van der Waals surface area contributed by atoms with Gasteiger partial charge in [-0.15, -0.1) is 0 Å². The standard InChI is InChI=1S/C11H22S.C5H10.Fe/c12-10-6-2-1-3-7-11-8-4-5-9-11;1-2-4-5-3-1;/h11-12H,1-10H2;1-5H2;. The van der Waals surface area contributed by atoms with Gasteiger partial charge in [-0.05, 0) is 18.1 Å². The average Bonchev–Trinajstić information content (AvgIpc) is 3.05. The molecule has 0 amide bonds. The Morgan fingerprint density at radius 3 is 1.67 bits per heavy atom. The molecule has 0 N–H and O–H groups in total. The number of thiol groups is 1. The van der Waals surface area contributed by atoms with Gasteiger partial charge < -0.3 is 0 Å². The van der Waals surface area contributed by atoms with Crippen molar-refractivity contribution in [3.63, 3.8) is 0 Å². The van der Waals surface area contributed by atoms with Crippen LogP contribution in [0.25, 0.3) is 0 Å². The maximum absolute atomic E-state index is 4.21. The minimum Gasteiger partial charge on any atom is -0.179 e. The monoisotopic (exact) mass is 312 g/mol. The van der Waals surface area contributed by atoms with Gasteiger partial charge in [0.15, 0.2) is 0 Å². The van der Waals surface area contributed by atoms with Gasteiger partial charge in [0.05, 0.1) is 0 Å². The fourth-order valence-corrected chi connectivity index (χ4v) is 3.30. The van der Waals surface area contributed by atoms with Gasteiger partial charge in [0.2, 0.25) is 0 Å². The molecule has 0 radical (unpaired) electrons. The molecule has 2 saturated carbocycles. The minimum atomic E-state index is 0. The first kappa shape index (κ1) is 18.9. The second kappa shape index (κ2) is 14.3. The van der Waals surface area contributed by atoms with Crippen molar-refractivity contribution in [3.05, 3.63) is 0 Å². The Kier molecular flexibility index (Phi) is 15.0. The quantitative estimate of drug-likeness (QED) is 0.347. The summed E-state index contributed by atoms with van der Waals surface area (Å²) in [5, 5.41) is 0. The molecule has 0 spiro atoms. The Hall–Kier alpha value is 0.869. The largest absolute Gasteiger partial charge is 0.179 e. The molecule has 0 saturated heterocycles. The van der Waals surface area contributed by atoms with Crippen LogP contribution in [-0.4, -0.2) is 5.75 Å². The fourth-order valence-electron chi connectivity index (χ4n) is 3.08. The molecular weight excluding hydrogens is 280 g/mol. The van der Waals surface area contributed by atoms with Crippen molar-refractivity contribution < 1.29 is 17.1 Å². The zero-order valence-electron chi connectivity index (χ0n) is 12.0. The number of hydrogen-bond donors (Lipinski definition) is 1. The number of rotatable bonds is 6. The van der Waals surface area contributed by atoms with E-state index < -0.39 is 0 Å². The fraction of sp³-hybridized carbons (Fsp3) is 1.00. The zero-order chi connectivity index (χ0) is 12.2. The summed E-state index contributed by atoms with van der Waals surface area (Å²) in [5.41, 5.74) is 0. The molecule has 0 aromatic heterocycles. The molecule has 18 heavy (non-hydrogen) atoms. The van der Waals surface area contributed by atoms with Gasteiger partial charge in [0.1, 0.15) is 0 Å². The summed E-state index contributed by atoms with van der Waals surface area (Å²) < 4.78 is 0. The van der Waals surface area contributed by atoms with Crippen LogP contribution in [0.15, 0.2) is 0 Å². The van der Waals surface area contributed by atoms with Crippen molar-refractivity contribution in [1.82, 2.24) is 0 Å². The predicted molar refractivity (Wildman–Crippen MR) is 82.0 cm³/mol. The van der Waals surface area contributed by atoms with Crippen LogP contribution in [0.2, 0.25) is 0 Å². The van der Waals surface area contributed by atoms with E-state index in [1.54, 1.807) is 0 Å². The smallest absolute Gasteiger partial charge is 0 e. The van der Waals surface area contributed by atoms with Crippen LogP contribution < -0.4 is 0 Å². The zero-order valence-corrected chi connectivity index (χ0v) is 14.0. The summed E-state index contributed by atoms with van der Waals surface area (Å²) in [4.78, 5) is 0. The van der Waals surface area contributed by atoms with Crippen LogP contribution >= 0.6 is 12.6 Å². The van der Waals surface area contributed by atoms with Crippen molar-refractivity contribution in [3.8, 4) is 0 Å². The first-order valence-electron chi connectivity index (χ1n) is 8.04. The molecule has 0 unspecified atom stereocenters. The molecule has 2 aliphatic carbocycles. The first-order valence-corrected chi connectivity index (χ1v) is 8.67. The number of unbranched alkanes of at least 4 members (excludes halogenated alkanes) is 3. The van der Waals surface area contributed by atoms with Crippen LogP contribution in [0.3, 0.4) is 0 Å². The molecule has 0 aliphatic heterocycles. The van der Waals surface area contributed by atoms with E-state index in [9.17, 15) is 0 Å². The minimum absolute atomic E-state index is 0. The van der Waals surface area contributed by atoms with Gasteiger partial charge in [-0.2, -0.15) is 12.6 Å². The molecule has 0 aromatic rings. The summed E-state index contributed by atoms with van der Waals surface area (Å²) in [7, 11) is 0. The van der Waals surface area contributed by atoms with Crippen molar-refractivity contribution in [2.45, 2.75) is 89.9 Å². The molecule has 110 valence electrons. The average molecular weight is 312 g/mol. The topological polar surface area (TPSA) is 0 Å². The third-order valence-electron chi connectivity index (χ3n) is 4.25. The summed E-state index contributed by atoms with van der Waals surface area (Å²) >= 11 is 4.21. The van der Waals surface area contributed by atoms with E-state index in [1.807, 2.05) is 0 Å². The van der Waals surface area contributed by atoms with E-state index in [2.05, 4.69) is 12.6 Å². The Bertz CT molecular complexity index is 144. The normalized spacial score (nSPS) is 19.2. The summed E-state index contributed by atoms with van der Waals surface area (Å²) in [6.07, 6.45) is 20.7. The van der Waals surface area contributed by atoms with Gasteiger partial charge in [-0.3, -0.25) is 0 Å². The van der Waals surface area contributed by atoms with E-state index >= 15 is 0 Å². The number of hydrogen-bond acceptors (Lipinski definition) is 1. The van der Waals surface area contributed by atoms with Gasteiger partial charge in [0.25, 0.3) is 0 Å². The molecule has 0 heterocycles. The van der Waals surface area contributed by atoms with E-state index in [0.29, 0.717) is 0 Å². The Balaban J connectivity index is 0.000000405. The van der Waals surface area contributed by atoms with Gasteiger partial charge >= 0.3 is 0 Å². The molecule has 0 bridgehead atoms. The molecule has 2 rings (SSSR count). The van der Waals surface area contributed by atoms with Gasteiger partial charge in [-0.25, -0.2) is 0 Å². The molecule has 0 aromatic carbocycles. The summed E-state index contributed by atoms with van der Waals surface area (Å²) in [6, 6.07) is 0. The van der Waals surface area contributed by atoms with Crippen LogP contribution in [0.1, 0.15) is 89.9 Å². The SMILES string of the molecule is C1CCCC1.SCCCCCCC1CCCC1.[Fe]. The van der Waals surface area contributed by atoms with Crippen molar-refractivity contribution >= 4 is 12.6 Å². The third-order valence-corrected chi connectivity index (χ3v) is 4.56. The third kappa shape index (κ3) is 10.8. The van der Waals surface area contributed by atoms with Crippen LogP contribution in [-0.2, 0) is 17.1 Å². The van der Waals surface area contributed by atoms with Crippen molar-refractivity contribution in [2.75, 3.05) is 5.75 Å².